The van der Waals surface area contributed by atoms with Crippen LogP contribution in [0, 0.1) is 0 Å². The molecule has 2 rings (SSSR count). The summed E-state index contributed by atoms with van der Waals surface area (Å²) in [4.78, 5) is 0. The zero-order valence-electron chi connectivity index (χ0n) is 10.6. The van der Waals surface area contributed by atoms with Crippen LogP contribution in [-0.2, 0) is 13.1 Å². The minimum Gasteiger partial charge on any atom is -0.354 e. The molecule has 0 bridgehead atoms. The average Bonchev–Trinajstić information content (AvgIpc) is 2.75. The van der Waals surface area contributed by atoms with Gasteiger partial charge in [0.2, 0.25) is 0 Å². The third-order valence-electron chi connectivity index (χ3n) is 3.85. The zero-order valence-corrected chi connectivity index (χ0v) is 10.6. The topological polar surface area (TPSA) is 17.0 Å². The Kier molecular flexibility index (Phi) is 3.70. The van der Waals surface area contributed by atoms with Crippen LogP contribution in [0.1, 0.15) is 51.5 Å². The summed E-state index contributed by atoms with van der Waals surface area (Å²) in [6.45, 7) is 6.64. The van der Waals surface area contributed by atoms with Crippen LogP contribution >= 0.6 is 0 Å². The number of aryl methyl sites for hydroxylation is 1. The van der Waals surface area contributed by atoms with Crippen LogP contribution in [-0.4, -0.2) is 10.1 Å². The average molecular weight is 220 g/mol. The molecule has 1 N–H and O–H groups in total. The fraction of sp³-hybridized carbons (Fsp3) is 0.714. The molecule has 0 aliphatic heterocycles. The molecule has 0 amide bonds. The van der Waals surface area contributed by atoms with Crippen LogP contribution in [0.2, 0.25) is 0 Å². The summed E-state index contributed by atoms with van der Waals surface area (Å²) in [6.07, 6.45) is 11.3. The summed E-state index contributed by atoms with van der Waals surface area (Å²) in [5.74, 6) is 0. The summed E-state index contributed by atoms with van der Waals surface area (Å²) >= 11 is 0. The lowest BCUT2D eigenvalue weighted by Crippen LogP contribution is -2.43. The van der Waals surface area contributed by atoms with E-state index in [1.54, 1.807) is 0 Å². The van der Waals surface area contributed by atoms with E-state index in [1.165, 1.54) is 37.7 Å². The predicted molar refractivity (Wildman–Crippen MR) is 68.4 cm³/mol. The molecule has 2 heteroatoms. The Morgan fingerprint density at radius 1 is 1.31 bits per heavy atom. The number of hydrogen-bond donors (Lipinski definition) is 1. The summed E-state index contributed by atoms with van der Waals surface area (Å²) in [5, 5.41) is 3.74. The lowest BCUT2D eigenvalue weighted by Gasteiger charge is -2.34. The lowest BCUT2D eigenvalue weighted by atomic mass is 9.83. The third-order valence-corrected chi connectivity index (χ3v) is 3.85. The Morgan fingerprint density at radius 3 is 2.69 bits per heavy atom. The van der Waals surface area contributed by atoms with Crippen LogP contribution in [0.3, 0.4) is 0 Å². The van der Waals surface area contributed by atoms with Crippen molar-refractivity contribution in [2.24, 2.45) is 0 Å². The highest BCUT2D eigenvalue weighted by atomic mass is 15.0. The molecule has 0 radical (unpaired) electrons. The molecule has 0 spiro atoms. The van der Waals surface area contributed by atoms with Crippen molar-refractivity contribution in [3.63, 3.8) is 0 Å². The van der Waals surface area contributed by atoms with E-state index in [1.807, 2.05) is 0 Å². The van der Waals surface area contributed by atoms with Gasteiger partial charge in [0, 0.05) is 31.0 Å². The highest BCUT2D eigenvalue weighted by Crippen LogP contribution is 2.27. The Bertz CT molecular complexity index is 321. The fourth-order valence-corrected chi connectivity index (χ4v) is 2.62. The van der Waals surface area contributed by atoms with E-state index < -0.39 is 0 Å². The maximum Gasteiger partial charge on any atom is 0.0225 e. The summed E-state index contributed by atoms with van der Waals surface area (Å²) in [6, 6.07) is 2.22. The van der Waals surface area contributed by atoms with E-state index in [0.717, 1.165) is 13.1 Å². The van der Waals surface area contributed by atoms with Gasteiger partial charge in [-0.1, -0.05) is 19.3 Å². The lowest BCUT2D eigenvalue weighted by molar-refractivity contribution is 0.252. The number of hydrogen-bond acceptors (Lipinski definition) is 1. The van der Waals surface area contributed by atoms with Gasteiger partial charge in [-0.25, -0.2) is 0 Å². The van der Waals surface area contributed by atoms with Crippen LogP contribution in [0.4, 0.5) is 0 Å². The van der Waals surface area contributed by atoms with E-state index in [4.69, 9.17) is 0 Å². The highest BCUT2D eigenvalue weighted by molar-refractivity contribution is 5.10. The molecule has 0 atom stereocenters. The molecule has 1 aromatic heterocycles. The number of nitrogens with one attached hydrogen (secondary N) is 1. The van der Waals surface area contributed by atoms with Crippen LogP contribution < -0.4 is 5.32 Å². The SMILES string of the molecule is CCn1ccc(CNC2(C)CCCCC2)c1. The van der Waals surface area contributed by atoms with Gasteiger partial charge < -0.3 is 9.88 Å². The highest BCUT2D eigenvalue weighted by Gasteiger charge is 2.25. The molecule has 0 saturated heterocycles. The van der Waals surface area contributed by atoms with E-state index in [2.05, 4.69) is 42.2 Å². The monoisotopic (exact) mass is 220 g/mol. The first-order valence-electron chi connectivity index (χ1n) is 6.61. The molecule has 1 saturated carbocycles. The van der Waals surface area contributed by atoms with Crippen LogP contribution in [0.5, 0.6) is 0 Å². The van der Waals surface area contributed by atoms with Crippen LogP contribution in [0.15, 0.2) is 18.5 Å². The normalized spacial score (nSPS) is 19.9. The molecular formula is C14H24N2. The molecule has 1 aromatic rings. The minimum absolute atomic E-state index is 0.382. The Labute approximate surface area is 99.0 Å². The maximum atomic E-state index is 3.74. The van der Waals surface area contributed by atoms with Crippen molar-refractivity contribution in [1.29, 1.82) is 0 Å². The van der Waals surface area contributed by atoms with Gasteiger partial charge in [-0.05, 0) is 38.3 Å². The Morgan fingerprint density at radius 2 is 2.06 bits per heavy atom. The van der Waals surface area contributed by atoms with Gasteiger partial charge in [-0.15, -0.1) is 0 Å². The predicted octanol–water partition coefficient (Wildman–Crippen LogP) is 3.32. The molecule has 1 fully saturated rings. The first kappa shape index (κ1) is 11.7. The quantitative estimate of drug-likeness (QED) is 0.823. The number of aromatic nitrogens is 1. The third kappa shape index (κ3) is 2.88. The number of nitrogens with zero attached hydrogens (tertiary/aromatic N) is 1. The van der Waals surface area contributed by atoms with Gasteiger partial charge >= 0.3 is 0 Å². The molecule has 0 aromatic carbocycles. The zero-order chi connectivity index (χ0) is 11.4. The standard InChI is InChI=1S/C14H24N2/c1-3-16-10-7-13(12-16)11-15-14(2)8-5-4-6-9-14/h7,10,12,15H,3-6,8-9,11H2,1-2H3. The molecule has 16 heavy (non-hydrogen) atoms. The summed E-state index contributed by atoms with van der Waals surface area (Å²) in [5.41, 5.74) is 1.79. The Balaban J connectivity index is 1.86. The van der Waals surface area contributed by atoms with Crippen molar-refractivity contribution in [3.05, 3.63) is 24.0 Å². The second-order valence-electron chi connectivity index (χ2n) is 5.33. The molecule has 0 unspecified atom stereocenters. The van der Waals surface area contributed by atoms with Crippen molar-refractivity contribution in [3.8, 4) is 0 Å². The van der Waals surface area contributed by atoms with E-state index in [-0.39, 0.29) is 0 Å². The first-order valence-corrected chi connectivity index (χ1v) is 6.61. The summed E-state index contributed by atoms with van der Waals surface area (Å²) < 4.78 is 2.24. The van der Waals surface area contributed by atoms with Crippen LogP contribution in [0.25, 0.3) is 0 Å². The maximum absolute atomic E-state index is 3.74. The molecular weight excluding hydrogens is 196 g/mol. The van der Waals surface area contributed by atoms with Gasteiger partial charge in [-0.3, -0.25) is 0 Å². The van der Waals surface area contributed by atoms with E-state index >= 15 is 0 Å². The van der Waals surface area contributed by atoms with Gasteiger partial charge in [0.1, 0.15) is 0 Å². The second-order valence-corrected chi connectivity index (χ2v) is 5.33. The smallest absolute Gasteiger partial charge is 0.0225 e. The molecule has 1 heterocycles. The number of rotatable bonds is 4. The second kappa shape index (κ2) is 5.05. The van der Waals surface area contributed by atoms with Crippen molar-refractivity contribution < 1.29 is 0 Å². The van der Waals surface area contributed by atoms with Gasteiger partial charge in [0.05, 0.1) is 0 Å². The van der Waals surface area contributed by atoms with E-state index in [0.29, 0.717) is 5.54 Å². The summed E-state index contributed by atoms with van der Waals surface area (Å²) in [7, 11) is 0. The van der Waals surface area contributed by atoms with Gasteiger partial charge in [-0.2, -0.15) is 0 Å². The first-order chi connectivity index (χ1) is 7.72. The van der Waals surface area contributed by atoms with Crippen molar-refractivity contribution >= 4 is 0 Å². The van der Waals surface area contributed by atoms with Crippen molar-refractivity contribution in [2.75, 3.05) is 0 Å². The largest absolute Gasteiger partial charge is 0.354 e. The molecule has 1 aliphatic rings. The molecule has 2 nitrogen and oxygen atoms in total. The van der Waals surface area contributed by atoms with Gasteiger partial charge in [0.25, 0.3) is 0 Å². The molecule has 1 aliphatic carbocycles. The van der Waals surface area contributed by atoms with Gasteiger partial charge in [0.15, 0.2) is 0 Å². The fourth-order valence-electron chi connectivity index (χ4n) is 2.62. The van der Waals surface area contributed by atoms with Crippen molar-refractivity contribution in [1.82, 2.24) is 9.88 Å². The van der Waals surface area contributed by atoms with Crippen molar-refractivity contribution in [2.45, 2.75) is 64.6 Å². The Hall–Kier alpha value is -0.760. The van der Waals surface area contributed by atoms with E-state index in [9.17, 15) is 0 Å². The molecule has 90 valence electrons. The minimum atomic E-state index is 0.382.